The van der Waals surface area contributed by atoms with E-state index in [4.69, 9.17) is 11.6 Å². The average Bonchev–Trinajstić information content (AvgIpc) is 2.67. The molecule has 3 heteroatoms. The van der Waals surface area contributed by atoms with Gasteiger partial charge in [-0.2, -0.15) is 0 Å². The minimum absolute atomic E-state index is 0.0603. The van der Waals surface area contributed by atoms with Crippen LogP contribution >= 0.6 is 11.6 Å². The molecule has 3 aromatic carbocycles. The Morgan fingerprint density at radius 1 is 0.889 bits per heavy atom. The molecule has 0 heterocycles. The van der Waals surface area contributed by atoms with Crippen LogP contribution in [0.2, 0.25) is 5.02 Å². The Bertz CT molecular complexity index is 992. The SMILES string of the molecule is C/C(=C\c1cc(Cl)ccc1C)C(=O)N(c1ccccc1)c1ccccc1C. The Hall–Kier alpha value is -2.84. The van der Waals surface area contributed by atoms with Gasteiger partial charge in [0.05, 0.1) is 5.69 Å². The molecule has 0 aromatic heterocycles. The smallest absolute Gasteiger partial charge is 0.258 e. The molecule has 0 N–H and O–H groups in total. The number of rotatable bonds is 4. The summed E-state index contributed by atoms with van der Waals surface area (Å²) in [6.45, 7) is 5.87. The van der Waals surface area contributed by atoms with Crippen LogP contribution in [-0.4, -0.2) is 5.91 Å². The summed E-state index contributed by atoms with van der Waals surface area (Å²) in [7, 11) is 0. The highest BCUT2D eigenvalue weighted by Crippen LogP contribution is 2.30. The van der Waals surface area contributed by atoms with Gasteiger partial charge in [0.2, 0.25) is 0 Å². The molecule has 3 aromatic rings. The number of carbonyl (C=O) groups excluding carboxylic acids is 1. The Labute approximate surface area is 165 Å². The average molecular weight is 376 g/mol. The van der Waals surface area contributed by atoms with Gasteiger partial charge >= 0.3 is 0 Å². The first kappa shape index (κ1) is 18.9. The molecule has 0 aliphatic heterocycles. The maximum absolute atomic E-state index is 13.4. The number of carbonyl (C=O) groups is 1. The number of amides is 1. The van der Waals surface area contributed by atoms with Crippen molar-refractivity contribution in [1.82, 2.24) is 0 Å². The molecule has 0 atom stereocenters. The number of aryl methyl sites for hydroxylation is 2. The van der Waals surface area contributed by atoms with Crippen molar-refractivity contribution in [3.8, 4) is 0 Å². The lowest BCUT2D eigenvalue weighted by molar-refractivity contribution is -0.114. The fourth-order valence-electron chi connectivity index (χ4n) is 3.00. The number of para-hydroxylation sites is 2. The van der Waals surface area contributed by atoms with Crippen molar-refractivity contribution in [3.63, 3.8) is 0 Å². The van der Waals surface area contributed by atoms with E-state index in [1.165, 1.54) is 0 Å². The summed E-state index contributed by atoms with van der Waals surface area (Å²) in [5.74, 6) is -0.0603. The molecule has 136 valence electrons. The molecule has 2 nitrogen and oxygen atoms in total. The van der Waals surface area contributed by atoms with Gasteiger partial charge in [-0.1, -0.05) is 54.1 Å². The standard InChI is InChI=1S/C24H22ClNO/c1-17-13-14-21(25)16-20(17)15-19(3)24(27)26(22-10-5-4-6-11-22)23-12-8-7-9-18(23)2/h4-16H,1-3H3/b19-15+. The Kier molecular flexibility index (Phi) is 5.78. The first-order valence-corrected chi connectivity index (χ1v) is 9.25. The van der Waals surface area contributed by atoms with E-state index in [2.05, 4.69) is 0 Å². The van der Waals surface area contributed by atoms with Crippen LogP contribution in [0.25, 0.3) is 6.08 Å². The third kappa shape index (κ3) is 4.29. The molecule has 27 heavy (non-hydrogen) atoms. The second-order valence-electron chi connectivity index (χ2n) is 6.59. The molecule has 0 bridgehead atoms. The Balaban J connectivity index is 2.07. The predicted molar refractivity (Wildman–Crippen MR) is 115 cm³/mol. The molecule has 0 aliphatic carbocycles. The zero-order valence-electron chi connectivity index (χ0n) is 15.7. The molecular formula is C24H22ClNO. The maximum atomic E-state index is 13.4. The number of nitrogens with zero attached hydrogens (tertiary/aromatic N) is 1. The molecule has 0 aliphatic rings. The van der Waals surface area contributed by atoms with Crippen LogP contribution in [0.4, 0.5) is 11.4 Å². The van der Waals surface area contributed by atoms with Gasteiger partial charge in [0, 0.05) is 16.3 Å². The minimum Gasteiger partial charge on any atom is -0.277 e. The van der Waals surface area contributed by atoms with E-state index in [1.807, 2.05) is 99.6 Å². The summed E-state index contributed by atoms with van der Waals surface area (Å²) in [6.07, 6.45) is 1.90. The zero-order valence-corrected chi connectivity index (χ0v) is 16.5. The second-order valence-corrected chi connectivity index (χ2v) is 7.03. The lowest BCUT2D eigenvalue weighted by Gasteiger charge is -2.25. The molecule has 0 saturated heterocycles. The van der Waals surface area contributed by atoms with E-state index in [1.54, 1.807) is 4.90 Å². The van der Waals surface area contributed by atoms with Crippen molar-refractivity contribution >= 4 is 35.0 Å². The lowest BCUT2D eigenvalue weighted by atomic mass is 10.0. The van der Waals surface area contributed by atoms with Gasteiger partial charge in [0.15, 0.2) is 0 Å². The van der Waals surface area contributed by atoms with Gasteiger partial charge in [-0.15, -0.1) is 0 Å². The van der Waals surface area contributed by atoms with E-state index in [9.17, 15) is 4.79 Å². The summed E-state index contributed by atoms with van der Waals surface area (Å²) in [6, 6.07) is 23.3. The number of halogens is 1. The van der Waals surface area contributed by atoms with Crippen LogP contribution in [0.15, 0.2) is 78.4 Å². The molecule has 0 saturated carbocycles. The van der Waals surface area contributed by atoms with Crippen molar-refractivity contribution < 1.29 is 4.79 Å². The summed E-state index contributed by atoms with van der Waals surface area (Å²) in [5.41, 5.74) is 5.44. The number of hydrogen-bond donors (Lipinski definition) is 0. The fourth-order valence-corrected chi connectivity index (χ4v) is 3.18. The van der Waals surface area contributed by atoms with Gasteiger partial charge < -0.3 is 0 Å². The van der Waals surface area contributed by atoms with Crippen LogP contribution in [0.3, 0.4) is 0 Å². The third-order valence-electron chi connectivity index (χ3n) is 4.52. The highest BCUT2D eigenvalue weighted by atomic mass is 35.5. The van der Waals surface area contributed by atoms with Gasteiger partial charge in [-0.3, -0.25) is 9.69 Å². The van der Waals surface area contributed by atoms with Crippen molar-refractivity contribution in [2.75, 3.05) is 4.90 Å². The highest BCUT2D eigenvalue weighted by molar-refractivity contribution is 6.30. The zero-order chi connectivity index (χ0) is 19.4. The lowest BCUT2D eigenvalue weighted by Crippen LogP contribution is -2.27. The predicted octanol–water partition coefficient (Wildman–Crippen LogP) is 6.73. The fraction of sp³-hybridized carbons (Fsp3) is 0.125. The van der Waals surface area contributed by atoms with E-state index in [0.717, 1.165) is 28.1 Å². The monoisotopic (exact) mass is 375 g/mol. The second kappa shape index (κ2) is 8.24. The third-order valence-corrected chi connectivity index (χ3v) is 4.76. The number of benzene rings is 3. The maximum Gasteiger partial charge on any atom is 0.258 e. The molecule has 0 unspecified atom stereocenters. The molecule has 3 rings (SSSR count). The molecule has 0 fully saturated rings. The Morgan fingerprint density at radius 3 is 2.26 bits per heavy atom. The highest BCUT2D eigenvalue weighted by Gasteiger charge is 2.21. The first-order chi connectivity index (χ1) is 13.0. The summed E-state index contributed by atoms with van der Waals surface area (Å²) in [5, 5.41) is 0.658. The van der Waals surface area contributed by atoms with Crippen LogP contribution in [0, 0.1) is 13.8 Å². The summed E-state index contributed by atoms with van der Waals surface area (Å²) < 4.78 is 0. The van der Waals surface area contributed by atoms with E-state index < -0.39 is 0 Å². The first-order valence-electron chi connectivity index (χ1n) is 8.87. The van der Waals surface area contributed by atoms with Crippen LogP contribution in [0.5, 0.6) is 0 Å². The molecular weight excluding hydrogens is 354 g/mol. The Morgan fingerprint density at radius 2 is 1.56 bits per heavy atom. The topological polar surface area (TPSA) is 20.3 Å². The molecule has 1 amide bonds. The van der Waals surface area contributed by atoms with Crippen molar-refractivity contribution in [2.45, 2.75) is 20.8 Å². The quantitative estimate of drug-likeness (QED) is 0.463. The number of anilines is 2. The summed E-state index contributed by atoms with van der Waals surface area (Å²) in [4.78, 5) is 15.2. The van der Waals surface area contributed by atoms with E-state index >= 15 is 0 Å². The van der Waals surface area contributed by atoms with Gasteiger partial charge in [-0.25, -0.2) is 0 Å². The molecule has 0 radical (unpaired) electrons. The molecule has 0 spiro atoms. The minimum atomic E-state index is -0.0603. The van der Waals surface area contributed by atoms with Crippen molar-refractivity contribution in [3.05, 3.63) is 100 Å². The summed E-state index contributed by atoms with van der Waals surface area (Å²) >= 11 is 6.13. The van der Waals surface area contributed by atoms with Gasteiger partial charge in [0.1, 0.15) is 0 Å². The van der Waals surface area contributed by atoms with Crippen LogP contribution in [-0.2, 0) is 4.79 Å². The van der Waals surface area contributed by atoms with E-state index in [-0.39, 0.29) is 5.91 Å². The van der Waals surface area contributed by atoms with Gasteiger partial charge in [-0.05, 0) is 73.9 Å². The van der Waals surface area contributed by atoms with E-state index in [0.29, 0.717) is 10.6 Å². The number of hydrogen-bond acceptors (Lipinski definition) is 1. The normalized spacial score (nSPS) is 11.3. The van der Waals surface area contributed by atoms with Crippen LogP contribution in [0.1, 0.15) is 23.6 Å². The van der Waals surface area contributed by atoms with Crippen molar-refractivity contribution in [2.24, 2.45) is 0 Å². The van der Waals surface area contributed by atoms with Crippen molar-refractivity contribution in [1.29, 1.82) is 0 Å². The largest absolute Gasteiger partial charge is 0.277 e. The van der Waals surface area contributed by atoms with Crippen LogP contribution < -0.4 is 4.90 Å². The van der Waals surface area contributed by atoms with Gasteiger partial charge in [0.25, 0.3) is 5.91 Å².